The lowest BCUT2D eigenvalue weighted by Crippen LogP contribution is -2.22. The van der Waals surface area contributed by atoms with Crippen LogP contribution in [0.15, 0.2) is 96.8 Å². The predicted octanol–water partition coefficient (Wildman–Crippen LogP) is 6.35. The lowest BCUT2D eigenvalue weighted by Gasteiger charge is -2.29. The van der Waals surface area contributed by atoms with E-state index in [2.05, 4.69) is 13.8 Å². The van der Waals surface area contributed by atoms with Gasteiger partial charge in [-0.1, -0.05) is 68.5 Å². The molecule has 37 heavy (non-hydrogen) atoms. The highest BCUT2D eigenvalue weighted by atomic mass is 16.5. The summed E-state index contributed by atoms with van der Waals surface area (Å²) >= 11 is 0. The van der Waals surface area contributed by atoms with Crippen molar-refractivity contribution >= 4 is 18.0 Å². The summed E-state index contributed by atoms with van der Waals surface area (Å²) in [5.74, 6) is 0.905. The third-order valence-corrected chi connectivity index (χ3v) is 5.72. The summed E-state index contributed by atoms with van der Waals surface area (Å²) in [4.78, 5) is 22.2. The average Bonchev–Trinajstić information content (AvgIpc) is 2.92. The standard InChI is InChI=1S/C16H16O3.C15H20O3/c1-19-14-7-10-16(11-8-14,12-9-15(17)18)13-5-3-2-4-6-13;1-12(2)10-11-18-15(16)9-6-13-4-7-14(17-3)8-5-13/h2-10,12H,11H2,1H3,(H,17,18);4-9,12H,10-11H2,1-3H3. The molecule has 0 saturated carbocycles. The predicted molar refractivity (Wildman–Crippen MR) is 146 cm³/mol. The normalized spacial score (nSPS) is 16.7. The molecular weight excluding hydrogens is 468 g/mol. The molecule has 2 aromatic carbocycles. The second kappa shape index (κ2) is 15.1. The van der Waals surface area contributed by atoms with Gasteiger partial charge in [0.25, 0.3) is 0 Å². The second-order valence-corrected chi connectivity index (χ2v) is 8.88. The second-order valence-electron chi connectivity index (χ2n) is 8.88. The number of hydrogen-bond donors (Lipinski definition) is 1. The van der Waals surface area contributed by atoms with Gasteiger partial charge in [0, 0.05) is 17.6 Å². The summed E-state index contributed by atoms with van der Waals surface area (Å²) in [6, 6.07) is 17.3. The molecule has 0 spiro atoms. The van der Waals surface area contributed by atoms with Crippen LogP contribution >= 0.6 is 0 Å². The SMILES string of the molecule is COC1=CCC(C=CC(=O)O)(c2ccccc2)C=C1.COc1ccc(C=CC(=O)OCCC(C)C)cc1. The molecule has 0 aliphatic heterocycles. The molecule has 6 nitrogen and oxygen atoms in total. The Kier molecular flexibility index (Phi) is 11.9. The van der Waals surface area contributed by atoms with Crippen LogP contribution in [0.5, 0.6) is 5.75 Å². The van der Waals surface area contributed by atoms with Crippen molar-refractivity contribution in [1.29, 1.82) is 0 Å². The molecule has 0 bridgehead atoms. The van der Waals surface area contributed by atoms with E-state index in [9.17, 15) is 9.59 Å². The van der Waals surface area contributed by atoms with Crippen molar-refractivity contribution in [3.8, 4) is 5.75 Å². The number of ether oxygens (including phenoxy) is 3. The molecule has 1 unspecified atom stereocenters. The van der Waals surface area contributed by atoms with Crippen molar-refractivity contribution in [3.05, 3.63) is 108 Å². The maximum atomic E-state index is 11.4. The Morgan fingerprint density at radius 1 is 1.00 bits per heavy atom. The van der Waals surface area contributed by atoms with Gasteiger partial charge in [-0.25, -0.2) is 9.59 Å². The molecule has 0 aromatic heterocycles. The monoisotopic (exact) mass is 504 g/mol. The van der Waals surface area contributed by atoms with E-state index < -0.39 is 11.4 Å². The third kappa shape index (κ3) is 10.2. The van der Waals surface area contributed by atoms with E-state index in [0.717, 1.165) is 29.1 Å². The van der Waals surface area contributed by atoms with E-state index >= 15 is 0 Å². The van der Waals surface area contributed by atoms with E-state index in [0.29, 0.717) is 18.9 Å². The lowest BCUT2D eigenvalue weighted by molar-refractivity contribution is -0.138. The number of esters is 1. The van der Waals surface area contributed by atoms with E-state index in [1.807, 2.05) is 72.8 Å². The van der Waals surface area contributed by atoms with Crippen molar-refractivity contribution in [2.24, 2.45) is 5.92 Å². The molecule has 0 fully saturated rings. The Labute approximate surface area is 219 Å². The van der Waals surface area contributed by atoms with Gasteiger partial charge < -0.3 is 19.3 Å². The summed E-state index contributed by atoms with van der Waals surface area (Å²) in [6.07, 6.45) is 13.5. The highest BCUT2D eigenvalue weighted by Crippen LogP contribution is 2.35. The van der Waals surface area contributed by atoms with Crippen LogP contribution in [0, 0.1) is 5.92 Å². The molecule has 1 aliphatic carbocycles. The molecular formula is C31H36O6. The number of carbonyl (C=O) groups excluding carboxylic acids is 1. The summed E-state index contributed by atoms with van der Waals surface area (Å²) in [6.45, 7) is 4.67. The van der Waals surface area contributed by atoms with E-state index in [1.54, 1.807) is 26.4 Å². The first-order valence-electron chi connectivity index (χ1n) is 12.2. The van der Waals surface area contributed by atoms with Gasteiger partial charge in [-0.3, -0.25) is 0 Å². The number of allylic oxidation sites excluding steroid dienone is 4. The van der Waals surface area contributed by atoms with Crippen molar-refractivity contribution in [2.75, 3.05) is 20.8 Å². The smallest absolute Gasteiger partial charge is 0.330 e. The van der Waals surface area contributed by atoms with Gasteiger partial charge in [-0.2, -0.15) is 0 Å². The van der Waals surface area contributed by atoms with Crippen LogP contribution < -0.4 is 4.74 Å². The highest BCUT2D eigenvalue weighted by molar-refractivity contribution is 5.87. The Bertz CT molecular complexity index is 1110. The summed E-state index contributed by atoms with van der Waals surface area (Å²) in [5.41, 5.74) is 1.59. The van der Waals surface area contributed by atoms with Crippen molar-refractivity contribution < 1.29 is 28.9 Å². The van der Waals surface area contributed by atoms with E-state index in [1.165, 1.54) is 12.2 Å². The lowest BCUT2D eigenvalue weighted by atomic mass is 9.75. The minimum atomic E-state index is -0.940. The van der Waals surface area contributed by atoms with Crippen molar-refractivity contribution in [3.63, 3.8) is 0 Å². The molecule has 0 heterocycles. The van der Waals surface area contributed by atoms with Crippen LogP contribution in [0.2, 0.25) is 0 Å². The van der Waals surface area contributed by atoms with Crippen LogP contribution in [0.25, 0.3) is 6.08 Å². The van der Waals surface area contributed by atoms with Crippen molar-refractivity contribution in [2.45, 2.75) is 32.1 Å². The Hall–Kier alpha value is -4.06. The van der Waals surface area contributed by atoms with Gasteiger partial charge >= 0.3 is 11.9 Å². The molecule has 1 aliphatic rings. The highest BCUT2D eigenvalue weighted by Gasteiger charge is 2.28. The van der Waals surface area contributed by atoms with Crippen LogP contribution in [-0.2, 0) is 24.5 Å². The molecule has 0 radical (unpaired) electrons. The molecule has 1 atom stereocenters. The van der Waals surface area contributed by atoms with Crippen LogP contribution in [0.1, 0.15) is 37.8 Å². The first kappa shape index (κ1) is 29.2. The molecule has 0 saturated heterocycles. The third-order valence-electron chi connectivity index (χ3n) is 5.72. The molecule has 3 rings (SSSR count). The quantitative estimate of drug-likeness (QED) is 0.300. The number of benzene rings is 2. The fourth-order valence-corrected chi connectivity index (χ4v) is 3.51. The van der Waals surface area contributed by atoms with Gasteiger partial charge in [0.05, 0.1) is 20.8 Å². The molecule has 6 heteroatoms. The van der Waals surface area contributed by atoms with Crippen LogP contribution in [0.3, 0.4) is 0 Å². The van der Waals surface area contributed by atoms with Gasteiger partial charge in [-0.05, 0) is 60.2 Å². The maximum absolute atomic E-state index is 11.4. The van der Waals surface area contributed by atoms with Crippen molar-refractivity contribution in [1.82, 2.24) is 0 Å². The van der Waals surface area contributed by atoms with Crippen LogP contribution in [-0.4, -0.2) is 37.9 Å². The number of methoxy groups -OCH3 is 2. The van der Waals surface area contributed by atoms with Gasteiger partial charge in [0.1, 0.15) is 11.5 Å². The number of carboxylic acid groups (broad SMARTS) is 1. The van der Waals surface area contributed by atoms with Gasteiger partial charge in [0.2, 0.25) is 0 Å². The largest absolute Gasteiger partial charge is 0.497 e. The fourth-order valence-electron chi connectivity index (χ4n) is 3.51. The summed E-state index contributed by atoms with van der Waals surface area (Å²) in [5, 5.41) is 8.85. The Balaban J connectivity index is 0.000000261. The zero-order chi connectivity index (χ0) is 27.1. The number of carbonyl (C=O) groups is 2. The molecule has 0 amide bonds. The minimum Gasteiger partial charge on any atom is -0.497 e. The number of carboxylic acids is 1. The minimum absolute atomic E-state index is 0.300. The van der Waals surface area contributed by atoms with Crippen LogP contribution in [0.4, 0.5) is 0 Å². The molecule has 1 N–H and O–H groups in total. The Morgan fingerprint density at radius 2 is 1.70 bits per heavy atom. The zero-order valence-electron chi connectivity index (χ0n) is 21.9. The van der Waals surface area contributed by atoms with E-state index in [4.69, 9.17) is 19.3 Å². The van der Waals surface area contributed by atoms with E-state index in [-0.39, 0.29) is 5.97 Å². The maximum Gasteiger partial charge on any atom is 0.330 e. The first-order chi connectivity index (χ1) is 17.8. The average molecular weight is 505 g/mol. The van der Waals surface area contributed by atoms with Gasteiger partial charge in [-0.15, -0.1) is 0 Å². The summed E-state index contributed by atoms with van der Waals surface area (Å²) in [7, 11) is 3.25. The Morgan fingerprint density at radius 3 is 2.24 bits per heavy atom. The fraction of sp³-hybridized carbons (Fsp3) is 0.290. The molecule has 2 aromatic rings. The van der Waals surface area contributed by atoms with Gasteiger partial charge in [0.15, 0.2) is 0 Å². The molecule has 196 valence electrons. The first-order valence-corrected chi connectivity index (χ1v) is 12.2. The number of aliphatic carboxylic acids is 1. The number of hydrogen-bond acceptors (Lipinski definition) is 5. The number of rotatable bonds is 10. The topological polar surface area (TPSA) is 82.1 Å². The zero-order valence-corrected chi connectivity index (χ0v) is 21.9. The summed E-state index contributed by atoms with van der Waals surface area (Å²) < 4.78 is 15.3.